The first kappa shape index (κ1) is 13.4. The Morgan fingerprint density at radius 2 is 1.82 bits per heavy atom. The average molecular weight is 239 g/mol. The van der Waals surface area contributed by atoms with Gasteiger partial charge in [-0.1, -0.05) is 32.6 Å². The van der Waals surface area contributed by atoms with E-state index >= 15 is 0 Å². The summed E-state index contributed by atoms with van der Waals surface area (Å²) in [5.41, 5.74) is 0. The second-order valence-electron chi connectivity index (χ2n) is 6.04. The lowest BCUT2D eigenvalue weighted by atomic mass is 9.91. The normalized spacial score (nSPS) is 36.7. The lowest BCUT2D eigenvalue weighted by molar-refractivity contribution is 0.0208. The lowest BCUT2D eigenvalue weighted by Crippen LogP contribution is -2.45. The van der Waals surface area contributed by atoms with E-state index in [1.807, 2.05) is 0 Å². The highest BCUT2D eigenvalue weighted by molar-refractivity contribution is 4.84. The van der Waals surface area contributed by atoms with Gasteiger partial charge < -0.3 is 5.11 Å². The Labute approximate surface area is 106 Å². The van der Waals surface area contributed by atoms with E-state index in [0.29, 0.717) is 6.04 Å². The summed E-state index contributed by atoms with van der Waals surface area (Å²) in [5.74, 6) is 0.950. The molecule has 0 aromatic heterocycles. The van der Waals surface area contributed by atoms with E-state index in [2.05, 4.69) is 11.8 Å². The number of rotatable bonds is 3. The van der Waals surface area contributed by atoms with Gasteiger partial charge in [0.2, 0.25) is 0 Å². The van der Waals surface area contributed by atoms with E-state index in [4.69, 9.17) is 0 Å². The van der Waals surface area contributed by atoms with Crippen molar-refractivity contribution in [2.75, 3.05) is 13.1 Å². The molecule has 1 aliphatic heterocycles. The van der Waals surface area contributed by atoms with Gasteiger partial charge in [-0.25, -0.2) is 0 Å². The van der Waals surface area contributed by atoms with Gasteiger partial charge in [0.15, 0.2) is 0 Å². The van der Waals surface area contributed by atoms with Gasteiger partial charge in [-0.15, -0.1) is 0 Å². The Morgan fingerprint density at radius 3 is 2.59 bits per heavy atom. The quantitative estimate of drug-likeness (QED) is 0.817. The van der Waals surface area contributed by atoms with Gasteiger partial charge in [0, 0.05) is 6.04 Å². The maximum Gasteiger partial charge on any atom is 0.0695 e. The molecule has 0 aromatic carbocycles. The van der Waals surface area contributed by atoms with Gasteiger partial charge >= 0.3 is 0 Å². The molecule has 1 saturated heterocycles. The van der Waals surface area contributed by atoms with Gasteiger partial charge in [-0.3, -0.25) is 4.90 Å². The minimum atomic E-state index is -0.0496. The molecule has 0 bridgehead atoms. The summed E-state index contributed by atoms with van der Waals surface area (Å²) in [6.45, 7) is 4.75. The van der Waals surface area contributed by atoms with Gasteiger partial charge in [0.1, 0.15) is 0 Å². The van der Waals surface area contributed by atoms with Gasteiger partial charge in [-0.2, -0.15) is 0 Å². The van der Waals surface area contributed by atoms with E-state index in [-0.39, 0.29) is 6.10 Å². The third-order valence-corrected chi connectivity index (χ3v) is 4.74. The molecular weight excluding hydrogens is 210 g/mol. The summed E-state index contributed by atoms with van der Waals surface area (Å²) in [4.78, 5) is 2.60. The maximum atomic E-state index is 10.1. The van der Waals surface area contributed by atoms with Crippen LogP contribution in [-0.2, 0) is 0 Å². The van der Waals surface area contributed by atoms with Gasteiger partial charge in [-0.05, 0) is 51.1 Å². The van der Waals surface area contributed by atoms with E-state index in [1.165, 1.54) is 64.5 Å². The first-order valence-corrected chi connectivity index (χ1v) is 7.73. The van der Waals surface area contributed by atoms with Crippen molar-refractivity contribution in [1.82, 2.24) is 4.90 Å². The highest BCUT2D eigenvalue weighted by Crippen LogP contribution is 2.28. The second kappa shape index (κ2) is 6.75. The van der Waals surface area contributed by atoms with Crippen molar-refractivity contribution in [2.45, 2.75) is 76.9 Å². The van der Waals surface area contributed by atoms with Crippen molar-refractivity contribution in [3.05, 3.63) is 0 Å². The molecule has 2 nitrogen and oxygen atoms in total. The van der Waals surface area contributed by atoms with Crippen LogP contribution in [0.15, 0.2) is 0 Å². The summed E-state index contributed by atoms with van der Waals surface area (Å²) in [7, 11) is 0. The highest BCUT2D eigenvalue weighted by atomic mass is 16.3. The molecule has 2 aliphatic rings. The lowest BCUT2D eigenvalue weighted by Gasteiger charge is -2.37. The summed E-state index contributed by atoms with van der Waals surface area (Å²) in [6.07, 6.45) is 11.6. The number of hydrogen-bond donors (Lipinski definition) is 1. The molecule has 2 rings (SSSR count). The summed E-state index contributed by atoms with van der Waals surface area (Å²) in [5, 5.41) is 10.1. The Morgan fingerprint density at radius 1 is 1.00 bits per heavy atom. The molecule has 1 N–H and O–H groups in total. The number of aliphatic hydroxyl groups excluding tert-OH is 1. The SMILES string of the molecule is CCCC1CCCN([C@@H]2CCCC[C@H]2O)CC1. The fourth-order valence-electron chi connectivity index (χ4n) is 3.73. The van der Waals surface area contributed by atoms with Crippen LogP contribution in [0.3, 0.4) is 0 Å². The molecule has 1 aliphatic carbocycles. The fraction of sp³-hybridized carbons (Fsp3) is 1.00. The van der Waals surface area contributed by atoms with Crippen LogP contribution in [0.25, 0.3) is 0 Å². The third kappa shape index (κ3) is 3.69. The molecule has 1 unspecified atom stereocenters. The van der Waals surface area contributed by atoms with Crippen LogP contribution in [0.1, 0.15) is 64.7 Å². The number of likely N-dealkylation sites (tertiary alicyclic amines) is 1. The second-order valence-corrected chi connectivity index (χ2v) is 6.04. The average Bonchev–Trinajstić information content (AvgIpc) is 2.56. The summed E-state index contributed by atoms with van der Waals surface area (Å²) in [6, 6.07) is 0.476. The predicted molar refractivity (Wildman–Crippen MR) is 72.1 cm³/mol. The molecule has 3 atom stereocenters. The van der Waals surface area contributed by atoms with E-state index in [9.17, 15) is 5.11 Å². The van der Waals surface area contributed by atoms with Crippen LogP contribution in [0.2, 0.25) is 0 Å². The van der Waals surface area contributed by atoms with Crippen LogP contribution in [0.4, 0.5) is 0 Å². The van der Waals surface area contributed by atoms with Crippen molar-refractivity contribution in [1.29, 1.82) is 0 Å². The molecule has 2 fully saturated rings. The Hall–Kier alpha value is -0.0800. The number of hydrogen-bond acceptors (Lipinski definition) is 2. The van der Waals surface area contributed by atoms with E-state index in [1.54, 1.807) is 0 Å². The van der Waals surface area contributed by atoms with Crippen molar-refractivity contribution in [3.63, 3.8) is 0 Å². The van der Waals surface area contributed by atoms with Crippen molar-refractivity contribution >= 4 is 0 Å². The predicted octanol–water partition coefficient (Wildman–Crippen LogP) is 3.19. The molecule has 0 aromatic rings. The zero-order valence-corrected chi connectivity index (χ0v) is 11.4. The zero-order chi connectivity index (χ0) is 12.1. The van der Waals surface area contributed by atoms with Crippen molar-refractivity contribution in [2.24, 2.45) is 5.92 Å². The van der Waals surface area contributed by atoms with Crippen LogP contribution in [0.5, 0.6) is 0 Å². The first-order chi connectivity index (χ1) is 8.31. The molecule has 0 amide bonds. The maximum absolute atomic E-state index is 10.1. The molecule has 0 spiro atoms. The molecular formula is C15H29NO. The van der Waals surface area contributed by atoms with Crippen LogP contribution >= 0.6 is 0 Å². The smallest absolute Gasteiger partial charge is 0.0695 e. The van der Waals surface area contributed by atoms with Crippen LogP contribution in [-0.4, -0.2) is 35.2 Å². The molecule has 1 heterocycles. The summed E-state index contributed by atoms with van der Waals surface area (Å²) >= 11 is 0. The number of aliphatic hydroxyl groups is 1. The molecule has 2 heteroatoms. The summed E-state index contributed by atoms with van der Waals surface area (Å²) < 4.78 is 0. The minimum Gasteiger partial charge on any atom is -0.391 e. The van der Waals surface area contributed by atoms with Crippen LogP contribution in [0, 0.1) is 5.92 Å². The molecule has 0 radical (unpaired) electrons. The zero-order valence-electron chi connectivity index (χ0n) is 11.4. The third-order valence-electron chi connectivity index (χ3n) is 4.74. The molecule has 100 valence electrons. The monoisotopic (exact) mass is 239 g/mol. The Kier molecular flexibility index (Phi) is 5.30. The van der Waals surface area contributed by atoms with E-state index in [0.717, 1.165) is 12.3 Å². The largest absolute Gasteiger partial charge is 0.391 e. The topological polar surface area (TPSA) is 23.5 Å². The first-order valence-electron chi connectivity index (χ1n) is 7.73. The Bertz CT molecular complexity index is 219. The molecule has 17 heavy (non-hydrogen) atoms. The van der Waals surface area contributed by atoms with Gasteiger partial charge in [0.25, 0.3) is 0 Å². The highest BCUT2D eigenvalue weighted by Gasteiger charge is 2.29. The Balaban J connectivity index is 1.84. The van der Waals surface area contributed by atoms with Crippen LogP contribution < -0.4 is 0 Å². The fourth-order valence-corrected chi connectivity index (χ4v) is 3.73. The van der Waals surface area contributed by atoms with E-state index < -0.39 is 0 Å². The minimum absolute atomic E-state index is 0.0496. The van der Waals surface area contributed by atoms with Crippen molar-refractivity contribution in [3.8, 4) is 0 Å². The van der Waals surface area contributed by atoms with Gasteiger partial charge in [0.05, 0.1) is 6.10 Å². The molecule has 1 saturated carbocycles. The van der Waals surface area contributed by atoms with Crippen molar-refractivity contribution < 1.29 is 5.11 Å². The standard InChI is InChI=1S/C15H29NO/c1-2-6-13-7-5-11-16(12-10-13)14-8-3-4-9-15(14)17/h13-15,17H,2-12H2,1H3/t13?,14-,15-/m1/s1. The number of nitrogens with zero attached hydrogens (tertiary/aromatic N) is 1.